The average molecular weight is 217 g/mol. The zero-order chi connectivity index (χ0) is 10.3. The fourth-order valence-electron chi connectivity index (χ4n) is 1.90. The number of amides is 1. The predicted molar refractivity (Wildman–Crippen MR) is 52.5 cm³/mol. The molecule has 1 heterocycles. The molecule has 2 aliphatic rings. The van der Waals surface area contributed by atoms with Crippen molar-refractivity contribution in [2.75, 3.05) is 11.5 Å². The van der Waals surface area contributed by atoms with Crippen molar-refractivity contribution in [1.29, 1.82) is 0 Å². The fraction of sp³-hybridized carbons (Fsp3) is 0.889. The standard InChI is InChI=1S/C9H15NO3S/c1-6-4-8(6)9(11)10-7-2-3-14(12,13)5-7/h6-8H,2-5H2,1H3,(H,10,11). The van der Waals surface area contributed by atoms with Crippen LogP contribution in [0.1, 0.15) is 19.8 Å². The SMILES string of the molecule is CC1CC1C(=O)NC1CCS(=O)(=O)C1. The van der Waals surface area contributed by atoms with Crippen LogP contribution in [0.5, 0.6) is 0 Å². The van der Waals surface area contributed by atoms with E-state index in [1.54, 1.807) is 0 Å². The van der Waals surface area contributed by atoms with E-state index in [0.29, 0.717) is 12.3 Å². The number of rotatable bonds is 2. The van der Waals surface area contributed by atoms with Crippen molar-refractivity contribution >= 4 is 15.7 Å². The second-order valence-electron chi connectivity index (χ2n) is 4.43. The van der Waals surface area contributed by atoms with Crippen LogP contribution in [0.25, 0.3) is 0 Å². The minimum atomic E-state index is -2.87. The molecule has 1 saturated carbocycles. The molecule has 1 saturated heterocycles. The second-order valence-corrected chi connectivity index (χ2v) is 6.66. The van der Waals surface area contributed by atoms with Gasteiger partial charge in [-0.05, 0) is 18.8 Å². The summed E-state index contributed by atoms with van der Waals surface area (Å²) in [5.41, 5.74) is 0. The molecule has 5 heteroatoms. The maximum Gasteiger partial charge on any atom is 0.223 e. The van der Waals surface area contributed by atoms with Gasteiger partial charge in [0.15, 0.2) is 9.84 Å². The lowest BCUT2D eigenvalue weighted by Crippen LogP contribution is -2.36. The van der Waals surface area contributed by atoms with E-state index in [1.165, 1.54) is 0 Å². The van der Waals surface area contributed by atoms with Crippen LogP contribution in [0.2, 0.25) is 0 Å². The highest BCUT2D eigenvalue weighted by Crippen LogP contribution is 2.37. The first kappa shape index (κ1) is 9.96. The Morgan fingerprint density at radius 3 is 2.50 bits per heavy atom. The van der Waals surface area contributed by atoms with Gasteiger partial charge in [0.2, 0.25) is 5.91 Å². The van der Waals surface area contributed by atoms with E-state index in [2.05, 4.69) is 5.32 Å². The van der Waals surface area contributed by atoms with Gasteiger partial charge in [-0.15, -0.1) is 0 Å². The van der Waals surface area contributed by atoms with E-state index in [1.807, 2.05) is 6.92 Å². The summed E-state index contributed by atoms with van der Waals surface area (Å²) in [6, 6.07) is -0.139. The molecule has 4 nitrogen and oxygen atoms in total. The lowest BCUT2D eigenvalue weighted by Gasteiger charge is -2.09. The molecule has 1 aliphatic carbocycles. The molecular weight excluding hydrogens is 202 g/mol. The molecule has 80 valence electrons. The van der Waals surface area contributed by atoms with Crippen LogP contribution < -0.4 is 5.32 Å². The summed E-state index contributed by atoms with van der Waals surface area (Å²) >= 11 is 0. The summed E-state index contributed by atoms with van der Waals surface area (Å²) < 4.78 is 22.2. The van der Waals surface area contributed by atoms with E-state index >= 15 is 0 Å². The molecule has 0 radical (unpaired) electrons. The first-order valence-electron chi connectivity index (χ1n) is 4.99. The van der Waals surface area contributed by atoms with Gasteiger partial charge >= 0.3 is 0 Å². The summed E-state index contributed by atoms with van der Waals surface area (Å²) in [6.45, 7) is 2.04. The zero-order valence-corrected chi connectivity index (χ0v) is 9.01. The first-order chi connectivity index (χ1) is 6.48. The van der Waals surface area contributed by atoms with E-state index in [9.17, 15) is 13.2 Å². The van der Waals surface area contributed by atoms with Gasteiger partial charge in [-0.3, -0.25) is 4.79 Å². The maximum atomic E-state index is 11.5. The number of hydrogen-bond donors (Lipinski definition) is 1. The maximum absolute atomic E-state index is 11.5. The number of hydrogen-bond acceptors (Lipinski definition) is 3. The number of carbonyl (C=O) groups is 1. The third-order valence-electron chi connectivity index (χ3n) is 3.03. The zero-order valence-electron chi connectivity index (χ0n) is 8.19. The highest BCUT2D eigenvalue weighted by atomic mass is 32.2. The highest BCUT2D eigenvalue weighted by Gasteiger charge is 2.40. The number of sulfone groups is 1. The van der Waals surface area contributed by atoms with Gasteiger partial charge in [-0.1, -0.05) is 6.92 Å². The van der Waals surface area contributed by atoms with Gasteiger partial charge in [0.1, 0.15) is 0 Å². The van der Waals surface area contributed by atoms with Crippen LogP contribution in [-0.2, 0) is 14.6 Å². The Bertz CT molecular complexity index is 349. The van der Waals surface area contributed by atoms with Crippen LogP contribution in [-0.4, -0.2) is 31.9 Å². The molecule has 1 aliphatic heterocycles. The summed E-state index contributed by atoms with van der Waals surface area (Å²) in [4.78, 5) is 11.5. The topological polar surface area (TPSA) is 63.2 Å². The molecule has 0 aromatic carbocycles. The van der Waals surface area contributed by atoms with E-state index < -0.39 is 9.84 Å². The Morgan fingerprint density at radius 2 is 2.07 bits per heavy atom. The Labute approximate surface area is 84.0 Å². The van der Waals surface area contributed by atoms with E-state index in [0.717, 1.165) is 6.42 Å². The summed E-state index contributed by atoms with van der Waals surface area (Å²) in [5.74, 6) is 1.00. The number of nitrogens with one attached hydrogen (secondary N) is 1. The minimum Gasteiger partial charge on any atom is -0.352 e. The molecule has 1 amide bonds. The third-order valence-corrected chi connectivity index (χ3v) is 4.79. The third kappa shape index (κ3) is 2.08. The van der Waals surface area contributed by atoms with Gasteiger partial charge < -0.3 is 5.32 Å². The van der Waals surface area contributed by atoms with E-state index in [-0.39, 0.29) is 29.4 Å². The monoisotopic (exact) mass is 217 g/mol. The van der Waals surface area contributed by atoms with Crippen LogP contribution in [0.4, 0.5) is 0 Å². The molecule has 0 aromatic heterocycles. The first-order valence-corrected chi connectivity index (χ1v) is 6.81. The molecule has 3 unspecified atom stereocenters. The Kier molecular flexibility index (Phi) is 2.29. The average Bonchev–Trinajstić information content (AvgIpc) is 2.69. The van der Waals surface area contributed by atoms with Crippen molar-refractivity contribution in [2.24, 2.45) is 11.8 Å². The van der Waals surface area contributed by atoms with Crippen molar-refractivity contribution in [3.63, 3.8) is 0 Å². The van der Waals surface area contributed by atoms with Crippen molar-refractivity contribution in [1.82, 2.24) is 5.32 Å². The van der Waals surface area contributed by atoms with E-state index in [4.69, 9.17) is 0 Å². The molecule has 0 bridgehead atoms. The fourth-order valence-corrected chi connectivity index (χ4v) is 3.58. The van der Waals surface area contributed by atoms with Crippen molar-refractivity contribution < 1.29 is 13.2 Å². The van der Waals surface area contributed by atoms with Gasteiger partial charge in [0.05, 0.1) is 11.5 Å². The largest absolute Gasteiger partial charge is 0.352 e. The second kappa shape index (κ2) is 3.22. The normalized spacial score (nSPS) is 39.4. The molecule has 1 N–H and O–H groups in total. The van der Waals surface area contributed by atoms with Gasteiger partial charge in [0, 0.05) is 12.0 Å². The Hall–Kier alpha value is -0.580. The molecular formula is C9H15NO3S. The highest BCUT2D eigenvalue weighted by molar-refractivity contribution is 7.91. The Balaban J connectivity index is 1.85. The smallest absolute Gasteiger partial charge is 0.223 e. The molecule has 0 spiro atoms. The van der Waals surface area contributed by atoms with Gasteiger partial charge in [0.25, 0.3) is 0 Å². The van der Waals surface area contributed by atoms with Gasteiger partial charge in [-0.2, -0.15) is 0 Å². The Morgan fingerprint density at radius 1 is 1.43 bits per heavy atom. The van der Waals surface area contributed by atoms with Crippen molar-refractivity contribution in [3.8, 4) is 0 Å². The molecule has 2 fully saturated rings. The molecule has 14 heavy (non-hydrogen) atoms. The minimum absolute atomic E-state index is 0.0413. The number of carbonyl (C=O) groups excluding carboxylic acids is 1. The van der Waals surface area contributed by atoms with Crippen molar-refractivity contribution in [2.45, 2.75) is 25.8 Å². The lowest BCUT2D eigenvalue weighted by atomic mass is 10.2. The van der Waals surface area contributed by atoms with Crippen molar-refractivity contribution in [3.05, 3.63) is 0 Å². The predicted octanol–water partition coefficient (Wildman–Crippen LogP) is -0.0543. The summed E-state index contributed by atoms with van der Waals surface area (Å²) in [7, 11) is -2.87. The molecule has 2 rings (SSSR count). The summed E-state index contributed by atoms with van der Waals surface area (Å²) in [5, 5.41) is 2.81. The molecule has 3 atom stereocenters. The molecule has 0 aromatic rings. The van der Waals surface area contributed by atoms with Crippen LogP contribution >= 0.6 is 0 Å². The lowest BCUT2D eigenvalue weighted by molar-refractivity contribution is -0.123. The quantitative estimate of drug-likeness (QED) is 0.705. The van der Waals surface area contributed by atoms with Crippen LogP contribution in [0.3, 0.4) is 0 Å². The van der Waals surface area contributed by atoms with Gasteiger partial charge in [-0.25, -0.2) is 8.42 Å². The van der Waals surface area contributed by atoms with Crippen LogP contribution in [0.15, 0.2) is 0 Å². The van der Waals surface area contributed by atoms with Crippen LogP contribution in [0, 0.1) is 11.8 Å². The summed E-state index contributed by atoms with van der Waals surface area (Å²) in [6.07, 6.45) is 1.53.